The van der Waals surface area contributed by atoms with E-state index >= 15 is 0 Å². The number of rotatable bonds is 4. The zero-order chi connectivity index (χ0) is 23.5. The van der Waals surface area contributed by atoms with E-state index in [1.54, 1.807) is 0 Å². The second-order valence-corrected chi connectivity index (χ2v) is 9.26. The Labute approximate surface area is 198 Å². The van der Waals surface area contributed by atoms with Gasteiger partial charge in [-0.15, -0.1) is 0 Å². The Morgan fingerprint density at radius 3 is 2.25 bits per heavy atom. The first kappa shape index (κ1) is 22.7. The van der Waals surface area contributed by atoms with E-state index in [0.29, 0.717) is 11.1 Å². The molecule has 2 amide bonds. The van der Waals surface area contributed by atoms with Gasteiger partial charge in [0.25, 0.3) is 0 Å². The second kappa shape index (κ2) is 7.85. The second-order valence-electron chi connectivity index (χ2n) is 8.04. The highest BCUT2D eigenvalue weighted by Gasteiger charge is 2.67. The smallest absolute Gasteiger partial charge is 0.324 e. The zero-order valence-electron chi connectivity index (χ0n) is 16.9. The topological polar surface area (TPSA) is 104 Å². The Hall–Kier alpha value is -2.45. The number of amides is 2. The van der Waals surface area contributed by atoms with Crippen LogP contribution in [0.15, 0.2) is 36.4 Å². The number of nitrogens with one attached hydrogen (secondary N) is 1. The van der Waals surface area contributed by atoms with Gasteiger partial charge < -0.3 is 5.11 Å². The number of anilines is 1. The molecule has 4 atom stereocenters. The average Bonchev–Trinajstić information content (AvgIpc) is 3.19. The molecule has 2 aliphatic rings. The minimum absolute atomic E-state index is 0.117. The zero-order valence-corrected chi connectivity index (χ0v) is 19.1. The molecule has 0 radical (unpaired) electrons. The number of benzene rings is 2. The van der Waals surface area contributed by atoms with Crippen molar-refractivity contribution in [3.8, 4) is 0 Å². The van der Waals surface area contributed by atoms with Crippen LogP contribution < -0.4 is 10.2 Å². The van der Waals surface area contributed by atoms with Crippen molar-refractivity contribution in [2.75, 3.05) is 4.90 Å². The first-order valence-corrected chi connectivity index (χ1v) is 10.7. The lowest BCUT2D eigenvalue weighted by Crippen LogP contribution is -2.53. The summed E-state index contributed by atoms with van der Waals surface area (Å²) in [7, 11) is 0. The van der Waals surface area contributed by atoms with Gasteiger partial charge in [0.15, 0.2) is 5.78 Å². The molecule has 32 heavy (non-hydrogen) atoms. The standard InChI is InChI=1S/C22H17Cl3N2O5/c1-9(28)10-3-5-12(6-4-10)27-19(29)15-16(20(27)30)22(2,21(31)32)26-18(15)13-7-11(23)8-14(24)17(13)25/h3-8,15-16,18,26H,1-2H3,(H,31,32). The number of halogens is 3. The Kier molecular flexibility index (Phi) is 5.57. The number of aliphatic carboxylic acids is 1. The van der Waals surface area contributed by atoms with Crippen LogP contribution in [0, 0.1) is 11.8 Å². The normalized spacial score (nSPS) is 27.0. The van der Waals surface area contributed by atoms with Gasteiger partial charge >= 0.3 is 5.97 Å². The molecule has 10 heteroatoms. The van der Waals surface area contributed by atoms with Crippen LogP contribution in [0.2, 0.25) is 15.1 Å². The highest BCUT2D eigenvalue weighted by Crippen LogP contribution is 2.51. The summed E-state index contributed by atoms with van der Waals surface area (Å²) in [5.74, 6) is -4.93. The van der Waals surface area contributed by atoms with E-state index in [-0.39, 0.29) is 26.5 Å². The molecule has 2 aromatic rings. The minimum atomic E-state index is -1.74. The van der Waals surface area contributed by atoms with E-state index in [1.807, 2.05) is 0 Å². The van der Waals surface area contributed by atoms with Crippen LogP contribution in [0.3, 0.4) is 0 Å². The van der Waals surface area contributed by atoms with Gasteiger partial charge in [-0.2, -0.15) is 0 Å². The van der Waals surface area contributed by atoms with Gasteiger partial charge in [0.1, 0.15) is 5.54 Å². The van der Waals surface area contributed by atoms with Crippen LogP contribution in [-0.4, -0.2) is 34.2 Å². The van der Waals surface area contributed by atoms with E-state index in [0.717, 1.165) is 4.90 Å². The number of imide groups is 1. The van der Waals surface area contributed by atoms with Crippen LogP contribution in [0.4, 0.5) is 5.69 Å². The van der Waals surface area contributed by atoms with Gasteiger partial charge in [-0.25, -0.2) is 4.90 Å². The summed E-state index contributed by atoms with van der Waals surface area (Å²) in [4.78, 5) is 51.6. The number of nitrogens with zero attached hydrogens (tertiary/aromatic N) is 1. The molecule has 0 bridgehead atoms. The number of carboxylic acid groups (broad SMARTS) is 1. The van der Waals surface area contributed by atoms with E-state index in [9.17, 15) is 24.3 Å². The van der Waals surface area contributed by atoms with Crippen molar-refractivity contribution in [3.63, 3.8) is 0 Å². The van der Waals surface area contributed by atoms with Crippen molar-refractivity contribution in [2.45, 2.75) is 25.4 Å². The van der Waals surface area contributed by atoms with Gasteiger partial charge in [-0.1, -0.05) is 34.8 Å². The molecule has 7 nitrogen and oxygen atoms in total. The molecule has 2 N–H and O–H groups in total. The van der Waals surface area contributed by atoms with Crippen molar-refractivity contribution >= 4 is 64.1 Å². The molecular weight excluding hydrogens is 479 g/mol. The summed E-state index contributed by atoms with van der Waals surface area (Å²) < 4.78 is 0. The van der Waals surface area contributed by atoms with Gasteiger partial charge in [-0.05, 0) is 55.8 Å². The summed E-state index contributed by atoms with van der Waals surface area (Å²) in [6.45, 7) is 2.76. The molecule has 0 aromatic heterocycles. The molecule has 4 rings (SSSR count). The van der Waals surface area contributed by atoms with Crippen molar-refractivity contribution in [3.05, 3.63) is 62.6 Å². The molecule has 2 aromatic carbocycles. The highest BCUT2D eigenvalue weighted by molar-refractivity contribution is 6.43. The van der Waals surface area contributed by atoms with Crippen LogP contribution in [0.5, 0.6) is 0 Å². The molecule has 4 unspecified atom stereocenters. The summed E-state index contributed by atoms with van der Waals surface area (Å²) in [6, 6.07) is 8.00. The minimum Gasteiger partial charge on any atom is -0.480 e. The van der Waals surface area contributed by atoms with E-state index in [4.69, 9.17) is 34.8 Å². The number of carbonyl (C=O) groups is 4. The number of Topliss-reactive ketones (excluding diaryl/α,β-unsaturated/α-hetero) is 1. The Balaban J connectivity index is 1.84. The summed E-state index contributed by atoms with van der Waals surface area (Å²) in [5.41, 5.74) is -0.739. The molecule has 166 valence electrons. The van der Waals surface area contributed by atoms with Gasteiger partial charge in [0.2, 0.25) is 11.8 Å². The number of ketones is 1. The fraction of sp³-hybridized carbons (Fsp3) is 0.273. The SMILES string of the molecule is CC(=O)c1ccc(N2C(=O)C3C(c4cc(Cl)cc(Cl)c4Cl)NC(C)(C(=O)O)C3C2=O)cc1. The van der Waals surface area contributed by atoms with E-state index in [2.05, 4.69) is 5.32 Å². The fourth-order valence-corrected chi connectivity index (χ4v) is 5.24. The maximum Gasteiger partial charge on any atom is 0.324 e. The van der Waals surface area contributed by atoms with Crippen LogP contribution >= 0.6 is 34.8 Å². The molecule has 2 fully saturated rings. The summed E-state index contributed by atoms with van der Waals surface area (Å²) >= 11 is 18.7. The third-order valence-corrected chi connectivity index (χ3v) is 7.15. The summed E-state index contributed by atoms with van der Waals surface area (Å²) in [6.07, 6.45) is 0. The maximum absolute atomic E-state index is 13.5. The molecule has 0 aliphatic carbocycles. The third kappa shape index (κ3) is 3.31. The maximum atomic E-state index is 13.5. The van der Waals surface area contributed by atoms with E-state index in [1.165, 1.54) is 50.2 Å². The van der Waals surface area contributed by atoms with Crippen LogP contribution in [0.25, 0.3) is 0 Å². The molecule has 2 heterocycles. The number of carbonyl (C=O) groups excluding carboxylic acids is 3. The van der Waals surface area contributed by atoms with Crippen molar-refractivity contribution in [1.82, 2.24) is 5.32 Å². The Morgan fingerprint density at radius 1 is 1.06 bits per heavy atom. The third-order valence-electron chi connectivity index (χ3n) is 6.12. The molecule has 2 saturated heterocycles. The largest absolute Gasteiger partial charge is 0.480 e. The lowest BCUT2D eigenvalue weighted by atomic mass is 9.80. The first-order valence-electron chi connectivity index (χ1n) is 9.61. The lowest BCUT2D eigenvalue weighted by Gasteiger charge is -2.27. The average molecular weight is 496 g/mol. The van der Waals surface area contributed by atoms with Crippen LogP contribution in [-0.2, 0) is 14.4 Å². The van der Waals surface area contributed by atoms with Gasteiger partial charge in [-0.3, -0.25) is 24.5 Å². The van der Waals surface area contributed by atoms with Gasteiger partial charge in [0, 0.05) is 16.6 Å². The summed E-state index contributed by atoms with van der Waals surface area (Å²) in [5, 5.41) is 13.4. The number of carboxylic acids is 1. The Morgan fingerprint density at radius 2 is 1.69 bits per heavy atom. The van der Waals surface area contributed by atoms with E-state index < -0.39 is 41.2 Å². The molecule has 0 saturated carbocycles. The van der Waals surface area contributed by atoms with Crippen molar-refractivity contribution in [1.29, 1.82) is 0 Å². The molecular formula is C22H17Cl3N2O5. The number of fused-ring (bicyclic) bond motifs is 1. The monoisotopic (exact) mass is 494 g/mol. The highest BCUT2D eigenvalue weighted by atomic mass is 35.5. The van der Waals surface area contributed by atoms with Gasteiger partial charge in [0.05, 0.1) is 27.6 Å². The molecule has 0 spiro atoms. The predicted molar refractivity (Wildman–Crippen MR) is 119 cm³/mol. The first-order chi connectivity index (χ1) is 15.0. The van der Waals surface area contributed by atoms with Crippen molar-refractivity contribution in [2.24, 2.45) is 11.8 Å². The predicted octanol–water partition coefficient (Wildman–Crippen LogP) is 4.14. The van der Waals surface area contributed by atoms with Crippen molar-refractivity contribution < 1.29 is 24.3 Å². The number of hydrogen-bond acceptors (Lipinski definition) is 5. The van der Waals surface area contributed by atoms with Crippen LogP contribution in [0.1, 0.15) is 35.8 Å². The molecule has 2 aliphatic heterocycles. The fourth-order valence-electron chi connectivity index (χ4n) is 4.50. The Bertz CT molecular complexity index is 1180. The quantitative estimate of drug-likeness (QED) is 0.375. The lowest BCUT2D eigenvalue weighted by molar-refractivity contribution is -0.147. The number of hydrogen-bond donors (Lipinski definition) is 2.